The highest BCUT2D eigenvalue weighted by Gasteiger charge is 2.50. The highest BCUT2D eigenvalue weighted by molar-refractivity contribution is 5.77. The van der Waals surface area contributed by atoms with Crippen LogP contribution in [0.3, 0.4) is 0 Å². The highest BCUT2D eigenvalue weighted by Crippen LogP contribution is 2.47. The molecule has 140 valence electrons. The van der Waals surface area contributed by atoms with Crippen molar-refractivity contribution in [3.05, 3.63) is 35.9 Å². The summed E-state index contributed by atoms with van der Waals surface area (Å²) in [5.74, 6) is 0.235. The number of amides is 1. The number of carbonyl (C=O) groups excluding carboxylic acids is 1. The fourth-order valence-corrected chi connectivity index (χ4v) is 4.82. The standard InChI is InChI=1S/C20H27N3O3/c24-19(3-2-17-14-21-8-9-22-17)23-10-1-7-20(15-26-13-6-18(20)23)16-4-11-25-12-5-16/h4,8-9,14,18H,1-3,5-7,10-13,15H2/t18-,20-/m0/s1. The predicted molar refractivity (Wildman–Crippen MR) is 96.5 cm³/mol. The lowest BCUT2D eigenvalue weighted by molar-refractivity contribution is -0.147. The maximum Gasteiger partial charge on any atom is 0.223 e. The minimum absolute atomic E-state index is 0.0114. The Morgan fingerprint density at radius 3 is 3.08 bits per heavy atom. The Hall–Kier alpha value is -1.79. The first-order valence-corrected chi connectivity index (χ1v) is 9.69. The average Bonchev–Trinajstić information content (AvgIpc) is 2.73. The minimum Gasteiger partial charge on any atom is -0.380 e. The van der Waals surface area contributed by atoms with E-state index in [1.807, 2.05) is 0 Å². The van der Waals surface area contributed by atoms with E-state index in [1.165, 1.54) is 5.57 Å². The molecule has 3 aliphatic rings. The number of carbonyl (C=O) groups is 1. The van der Waals surface area contributed by atoms with Gasteiger partial charge in [0, 0.05) is 49.6 Å². The maximum atomic E-state index is 13.0. The number of aryl methyl sites for hydroxylation is 1. The van der Waals surface area contributed by atoms with Crippen LogP contribution >= 0.6 is 0 Å². The minimum atomic E-state index is -0.0114. The number of piperidine rings is 1. The molecule has 0 aromatic carbocycles. The largest absolute Gasteiger partial charge is 0.380 e. The summed E-state index contributed by atoms with van der Waals surface area (Å²) in [6, 6.07) is 0.253. The van der Waals surface area contributed by atoms with Crippen LogP contribution in [0.2, 0.25) is 0 Å². The molecule has 6 heteroatoms. The van der Waals surface area contributed by atoms with E-state index in [9.17, 15) is 4.79 Å². The number of likely N-dealkylation sites (tertiary alicyclic amines) is 1. The van der Waals surface area contributed by atoms with Gasteiger partial charge in [-0.1, -0.05) is 11.6 Å². The molecule has 2 fully saturated rings. The number of hydrogen-bond acceptors (Lipinski definition) is 5. The molecule has 4 rings (SSSR count). The number of ether oxygens (including phenoxy) is 2. The Bertz CT molecular complexity index is 660. The Kier molecular flexibility index (Phi) is 5.31. The van der Waals surface area contributed by atoms with Crippen LogP contribution in [0.5, 0.6) is 0 Å². The molecule has 0 radical (unpaired) electrons. The van der Waals surface area contributed by atoms with Crippen molar-refractivity contribution in [2.75, 3.05) is 33.0 Å². The van der Waals surface area contributed by atoms with E-state index >= 15 is 0 Å². The van der Waals surface area contributed by atoms with E-state index in [-0.39, 0.29) is 17.4 Å². The second-order valence-electron chi connectivity index (χ2n) is 7.45. The van der Waals surface area contributed by atoms with E-state index in [0.717, 1.165) is 57.7 Å². The fourth-order valence-electron chi connectivity index (χ4n) is 4.82. The second kappa shape index (κ2) is 7.84. The zero-order valence-corrected chi connectivity index (χ0v) is 15.2. The van der Waals surface area contributed by atoms with Gasteiger partial charge in [-0.05, 0) is 32.1 Å². The van der Waals surface area contributed by atoms with E-state index < -0.39 is 0 Å². The van der Waals surface area contributed by atoms with Crippen molar-refractivity contribution in [1.82, 2.24) is 14.9 Å². The maximum absolute atomic E-state index is 13.0. The first-order valence-electron chi connectivity index (χ1n) is 9.69. The first-order chi connectivity index (χ1) is 12.8. The Balaban J connectivity index is 1.51. The van der Waals surface area contributed by atoms with Gasteiger partial charge in [0.05, 0.1) is 25.5 Å². The molecule has 1 aromatic rings. The summed E-state index contributed by atoms with van der Waals surface area (Å²) >= 11 is 0. The molecule has 0 aliphatic carbocycles. The summed E-state index contributed by atoms with van der Waals surface area (Å²) in [4.78, 5) is 23.6. The zero-order chi connectivity index (χ0) is 17.8. The summed E-state index contributed by atoms with van der Waals surface area (Å²) in [5.41, 5.74) is 2.31. The quantitative estimate of drug-likeness (QED) is 0.773. The molecule has 4 heterocycles. The van der Waals surface area contributed by atoms with Crippen molar-refractivity contribution in [3.63, 3.8) is 0 Å². The molecule has 2 atom stereocenters. The average molecular weight is 357 g/mol. The van der Waals surface area contributed by atoms with Gasteiger partial charge in [-0.25, -0.2) is 0 Å². The van der Waals surface area contributed by atoms with Crippen LogP contribution in [-0.4, -0.2) is 59.8 Å². The third kappa shape index (κ3) is 3.40. The Morgan fingerprint density at radius 2 is 2.27 bits per heavy atom. The van der Waals surface area contributed by atoms with Crippen molar-refractivity contribution >= 4 is 5.91 Å². The van der Waals surface area contributed by atoms with E-state index in [4.69, 9.17) is 9.47 Å². The Labute approximate surface area is 154 Å². The van der Waals surface area contributed by atoms with Gasteiger partial charge in [0.25, 0.3) is 0 Å². The van der Waals surface area contributed by atoms with E-state index in [0.29, 0.717) is 19.4 Å². The lowest BCUT2D eigenvalue weighted by Gasteiger charge is -2.54. The van der Waals surface area contributed by atoms with Crippen molar-refractivity contribution in [1.29, 1.82) is 0 Å². The molecule has 1 amide bonds. The summed E-state index contributed by atoms with van der Waals surface area (Å²) in [6.07, 6.45) is 12.5. The topological polar surface area (TPSA) is 64.6 Å². The van der Waals surface area contributed by atoms with Crippen LogP contribution in [0, 0.1) is 5.41 Å². The molecular formula is C20H27N3O3. The molecule has 0 spiro atoms. The van der Waals surface area contributed by atoms with Crippen LogP contribution in [0.4, 0.5) is 0 Å². The van der Waals surface area contributed by atoms with Crippen molar-refractivity contribution in [2.24, 2.45) is 5.41 Å². The van der Waals surface area contributed by atoms with Gasteiger partial charge >= 0.3 is 0 Å². The molecule has 2 saturated heterocycles. The smallest absolute Gasteiger partial charge is 0.223 e. The molecule has 1 aromatic heterocycles. The van der Waals surface area contributed by atoms with Crippen LogP contribution < -0.4 is 0 Å². The Morgan fingerprint density at radius 1 is 1.31 bits per heavy atom. The lowest BCUT2D eigenvalue weighted by atomic mass is 9.65. The van der Waals surface area contributed by atoms with Gasteiger partial charge in [-0.2, -0.15) is 0 Å². The number of aromatic nitrogens is 2. The van der Waals surface area contributed by atoms with Crippen LogP contribution in [0.1, 0.15) is 37.8 Å². The summed E-state index contributed by atoms with van der Waals surface area (Å²) in [7, 11) is 0. The van der Waals surface area contributed by atoms with E-state index in [2.05, 4.69) is 20.9 Å². The van der Waals surface area contributed by atoms with Crippen LogP contribution in [0.25, 0.3) is 0 Å². The third-order valence-electron chi connectivity index (χ3n) is 6.07. The van der Waals surface area contributed by atoms with E-state index in [1.54, 1.807) is 18.6 Å². The van der Waals surface area contributed by atoms with Gasteiger partial charge < -0.3 is 14.4 Å². The highest BCUT2D eigenvalue weighted by atomic mass is 16.5. The third-order valence-corrected chi connectivity index (χ3v) is 6.07. The summed E-state index contributed by atoms with van der Waals surface area (Å²) in [5, 5.41) is 0. The van der Waals surface area contributed by atoms with Crippen molar-refractivity contribution < 1.29 is 14.3 Å². The van der Waals surface area contributed by atoms with Crippen LogP contribution in [-0.2, 0) is 20.7 Å². The number of nitrogens with zero attached hydrogens (tertiary/aromatic N) is 3. The SMILES string of the molecule is O=C(CCc1cnccn1)N1CCC[C@@]2(C3=CCOCC3)COCC[C@H]12. The van der Waals surface area contributed by atoms with Gasteiger partial charge in [0.15, 0.2) is 0 Å². The summed E-state index contributed by atoms with van der Waals surface area (Å²) < 4.78 is 11.4. The molecule has 0 unspecified atom stereocenters. The van der Waals surface area contributed by atoms with Gasteiger partial charge in [0.2, 0.25) is 5.91 Å². The monoisotopic (exact) mass is 357 g/mol. The lowest BCUT2D eigenvalue weighted by Crippen LogP contribution is -2.59. The van der Waals surface area contributed by atoms with Crippen molar-refractivity contribution in [3.8, 4) is 0 Å². The number of hydrogen-bond donors (Lipinski definition) is 0. The molecule has 0 saturated carbocycles. The normalized spacial score (nSPS) is 29.0. The van der Waals surface area contributed by atoms with Crippen LogP contribution in [0.15, 0.2) is 30.2 Å². The molecule has 3 aliphatic heterocycles. The molecule has 0 bridgehead atoms. The molecular weight excluding hydrogens is 330 g/mol. The van der Waals surface area contributed by atoms with Gasteiger partial charge in [-0.15, -0.1) is 0 Å². The molecule has 0 N–H and O–H groups in total. The second-order valence-corrected chi connectivity index (χ2v) is 7.45. The molecule has 6 nitrogen and oxygen atoms in total. The fraction of sp³-hybridized carbons (Fsp3) is 0.650. The number of fused-ring (bicyclic) bond motifs is 1. The molecule has 26 heavy (non-hydrogen) atoms. The summed E-state index contributed by atoms with van der Waals surface area (Å²) in [6.45, 7) is 3.79. The zero-order valence-electron chi connectivity index (χ0n) is 15.2. The first kappa shape index (κ1) is 17.6. The van der Waals surface area contributed by atoms with Gasteiger partial charge in [0.1, 0.15) is 0 Å². The van der Waals surface area contributed by atoms with Gasteiger partial charge in [-0.3, -0.25) is 14.8 Å². The van der Waals surface area contributed by atoms with Crippen molar-refractivity contribution in [2.45, 2.75) is 44.6 Å². The predicted octanol–water partition coefficient (Wildman–Crippen LogP) is 2.15. The number of rotatable bonds is 4.